The van der Waals surface area contributed by atoms with Gasteiger partial charge in [0.2, 0.25) is 0 Å². The number of carbonyl (C=O) groups is 1. The zero-order valence-corrected chi connectivity index (χ0v) is 12.2. The van der Waals surface area contributed by atoms with Crippen molar-refractivity contribution in [3.05, 3.63) is 47.3 Å². The summed E-state index contributed by atoms with van der Waals surface area (Å²) in [7, 11) is 0. The van der Waals surface area contributed by atoms with E-state index in [1.54, 1.807) is 6.92 Å². The topological polar surface area (TPSA) is 72.3 Å². The molecule has 0 aliphatic heterocycles. The number of hydrogen-bond acceptors (Lipinski definition) is 4. The molecule has 5 nitrogen and oxygen atoms in total. The number of carboxylic acid groups (broad SMARTS) is 1. The Morgan fingerprint density at radius 1 is 1.29 bits per heavy atom. The molecule has 1 heterocycles. The monoisotopic (exact) mass is 286 g/mol. The van der Waals surface area contributed by atoms with Crippen molar-refractivity contribution in [2.45, 2.75) is 33.1 Å². The van der Waals surface area contributed by atoms with Crippen LogP contribution in [0, 0.1) is 6.92 Å². The van der Waals surface area contributed by atoms with Gasteiger partial charge in [0.1, 0.15) is 5.75 Å². The predicted molar refractivity (Wildman–Crippen MR) is 78.9 cm³/mol. The molecule has 1 aromatic carbocycles. The molecule has 21 heavy (non-hydrogen) atoms. The molecule has 0 bridgehead atoms. The van der Waals surface area contributed by atoms with Crippen LogP contribution in [0.1, 0.15) is 41.4 Å². The van der Waals surface area contributed by atoms with Gasteiger partial charge in [0, 0.05) is 6.20 Å². The standard InChI is InChI=1S/C16H18N2O3/c1-3-4-5-12-6-8-13(9-7-12)21-16-17-10-14(15(19)20)11(2)18-16/h6-10H,3-5H2,1-2H3,(H,19,20). The van der Waals surface area contributed by atoms with Crippen LogP contribution in [0.5, 0.6) is 11.8 Å². The van der Waals surface area contributed by atoms with Crippen LogP contribution >= 0.6 is 0 Å². The number of unbranched alkanes of at least 4 members (excludes halogenated alkanes) is 1. The molecule has 5 heteroatoms. The minimum atomic E-state index is -1.04. The maximum Gasteiger partial charge on any atom is 0.339 e. The summed E-state index contributed by atoms with van der Waals surface area (Å²) in [4.78, 5) is 18.9. The summed E-state index contributed by atoms with van der Waals surface area (Å²) >= 11 is 0. The number of carboxylic acids is 1. The molecule has 0 saturated heterocycles. The Kier molecular flexibility index (Phi) is 4.87. The Morgan fingerprint density at radius 2 is 2.00 bits per heavy atom. The molecule has 0 spiro atoms. The van der Waals surface area contributed by atoms with Gasteiger partial charge >= 0.3 is 12.0 Å². The Hall–Kier alpha value is -2.43. The molecule has 110 valence electrons. The third-order valence-electron chi connectivity index (χ3n) is 3.14. The number of benzene rings is 1. The molecule has 1 aromatic heterocycles. The maximum absolute atomic E-state index is 10.9. The predicted octanol–water partition coefficient (Wildman–Crippen LogP) is 3.62. The second-order valence-corrected chi connectivity index (χ2v) is 4.81. The molecular formula is C16H18N2O3. The lowest BCUT2D eigenvalue weighted by molar-refractivity contribution is 0.0695. The summed E-state index contributed by atoms with van der Waals surface area (Å²) in [5, 5.41) is 8.93. The molecule has 2 rings (SSSR count). The quantitative estimate of drug-likeness (QED) is 0.878. The second-order valence-electron chi connectivity index (χ2n) is 4.81. The van der Waals surface area contributed by atoms with Crippen molar-refractivity contribution in [1.82, 2.24) is 9.97 Å². The second kappa shape index (κ2) is 6.83. The highest BCUT2D eigenvalue weighted by Gasteiger charge is 2.10. The molecule has 0 radical (unpaired) electrons. The molecule has 0 aliphatic carbocycles. The number of aromatic nitrogens is 2. The molecule has 2 aromatic rings. The fraction of sp³-hybridized carbons (Fsp3) is 0.312. The first-order valence-electron chi connectivity index (χ1n) is 6.94. The SMILES string of the molecule is CCCCc1ccc(Oc2ncc(C(=O)O)c(C)n2)cc1. The number of aromatic carboxylic acids is 1. The van der Waals surface area contributed by atoms with Gasteiger partial charge in [0.15, 0.2) is 0 Å². The smallest absolute Gasteiger partial charge is 0.339 e. The van der Waals surface area contributed by atoms with Crippen LogP contribution < -0.4 is 4.74 Å². The molecule has 0 saturated carbocycles. The molecule has 0 atom stereocenters. The lowest BCUT2D eigenvalue weighted by atomic mass is 10.1. The minimum absolute atomic E-state index is 0.0808. The maximum atomic E-state index is 10.9. The Bertz CT molecular complexity index is 624. The van der Waals surface area contributed by atoms with Gasteiger partial charge in [-0.2, -0.15) is 4.98 Å². The van der Waals surface area contributed by atoms with Crippen molar-refractivity contribution >= 4 is 5.97 Å². The molecule has 1 N–H and O–H groups in total. The van der Waals surface area contributed by atoms with E-state index in [0.29, 0.717) is 11.4 Å². The van der Waals surface area contributed by atoms with Gasteiger partial charge in [-0.05, 0) is 37.5 Å². The van der Waals surface area contributed by atoms with Gasteiger partial charge in [-0.3, -0.25) is 0 Å². The summed E-state index contributed by atoms with van der Waals surface area (Å²) in [5.41, 5.74) is 1.73. The highest BCUT2D eigenvalue weighted by Crippen LogP contribution is 2.20. The number of nitrogens with zero attached hydrogens (tertiary/aromatic N) is 2. The highest BCUT2D eigenvalue weighted by molar-refractivity contribution is 5.88. The minimum Gasteiger partial charge on any atom is -0.478 e. The molecule has 0 fully saturated rings. The van der Waals surface area contributed by atoms with Crippen molar-refractivity contribution in [2.75, 3.05) is 0 Å². The fourth-order valence-corrected chi connectivity index (χ4v) is 1.92. The lowest BCUT2D eigenvalue weighted by Gasteiger charge is -2.06. The van der Waals surface area contributed by atoms with Crippen LogP contribution in [0.4, 0.5) is 0 Å². The van der Waals surface area contributed by atoms with Gasteiger partial charge in [0.25, 0.3) is 0 Å². The van der Waals surface area contributed by atoms with Crippen LogP contribution in [0.15, 0.2) is 30.5 Å². The van der Waals surface area contributed by atoms with Gasteiger partial charge in [0.05, 0.1) is 11.3 Å². The van der Waals surface area contributed by atoms with E-state index in [2.05, 4.69) is 16.9 Å². The first kappa shape index (κ1) is 15.0. The van der Waals surface area contributed by atoms with E-state index in [1.807, 2.05) is 24.3 Å². The van der Waals surface area contributed by atoms with E-state index in [4.69, 9.17) is 9.84 Å². The average molecular weight is 286 g/mol. The number of hydrogen-bond donors (Lipinski definition) is 1. The normalized spacial score (nSPS) is 10.4. The fourth-order valence-electron chi connectivity index (χ4n) is 1.92. The van der Waals surface area contributed by atoms with Crippen LogP contribution in [0.3, 0.4) is 0 Å². The average Bonchev–Trinajstić information content (AvgIpc) is 2.46. The third kappa shape index (κ3) is 4.02. The van der Waals surface area contributed by atoms with E-state index < -0.39 is 5.97 Å². The summed E-state index contributed by atoms with van der Waals surface area (Å²) in [5.74, 6) is -0.406. The van der Waals surface area contributed by atoms with E-state index >= 15 is 0 Å². The highest BCUT2D eigenvalue weighted by atomic mass is 16.5. The van der Waals surface area contributed by atoms with Gasteiger partial charge in [-0.1, -0.05) is 25.5 Å². The van der Waals surface area contributed by atoms with E-state index in [1.165, 1.54) is 24.6 Å². The number of rotatable bonds is 6. The summed E-state index contributed by atoms with van der Waals surface area (Å²) in [6.45, 7) is 3.78. The Balaban J connectivity index is 2.07. The first-order valence-corrected chi connectivity index (χ1v) is 6.94. The summed E-state index contributed by atoms with van der Waals surface area (Å²) < 4.78 is 5.54. The zero-order valence-electron chi connectivity index (χ0n) is 12.2. The van der Waals surface area contributed by atoms with Crippen LogP contribution in [0.25, 0.3) is 0 Å². The van der Waals surface area contributed by atoms with Crippen molar-refractivity contribution in [3.63, 3.8) is 0 Å². The van der Waals surface area contributed by atoms with Crippen LogP contribution in [0.2, 0.25) is 0 Å². The van der Waals surface area contributed by atoms with E-state index in [-0.39, 0.29) is 11.6 Å². The van der Waals surface area contributed by atoms with Crippen molar-refractivity contribution < 1.29 is 14.6 Å². The number of ether oxygens (including phenoxy) is 1. The van der Waals surface area contributed by atoms with Crippen molar-refractivity contribution in [3.8, 4) is 11.8 Å². The molecule has 0 amide bonds. The van der Waals surface area contributed by atoms with Gasteiger partial charge in [-0.15, -0.1) is 0 Å². The zero-order chi connectivity index (χ0) is 15.2. The Labute approximate surface area is 123 Å². The molecule has 0 aliphatic rings. The first-order chi connectivity index (χ1) is 10.1. The largest absolute Gasteiger partial charge is 0.478 e. The van der Waals surface area contributed by atoms with Crippen molar-refractivity contribution in [1.29, 1.82) is 0 Å². The summed E-state index contributed by atoms with van der Waals surface area (Å²) in [6.07, 6.45) is 4.65. The van der Waals surface area contributed by atoms with Crippen molar-refractivity contribution in [2.24, 2.45) is 0 Å². The van der Waals surface area contributed by atoms with Gasteiger partial charge < -0.3 is 9.84 Å². The molecule has 0 unspecified atom stereocenters. The van der Waals surface area contributed by atoms with E-state index in [0.717, 1.165) is 6.42 Å². The van der Waals surface area contributed by atoms with Crippen LogP contribution in [-0.4, -0.2) is 21.0 Å². The number of aryl methyl sites for hydroxylation is 2. The van der Waals surface area contributed by atoms with Crippen LogP contribution in [-0.2, 0) is 6.42 Å². The Morgan fingerprint density at radius 3 is 2.57 bits per heavy atom. The summed E-state index contributed by atoms with van der Waals surface area (Å²) in [6, 6.07) is 7.93. The lowest BCUT2D eigenvalue weighted by Crippen LogP contribution is -2.04. The third-order valence-corrected chi connectivity index (χ3v) is 3.14. The molecular weight excluding hydrogens is 268 g/mol. The van der Waals surface area contributed by atoms with E-state index in [9.17, 15) is 4.79 Å². The van der Waals surface area contributed by atoms with Gasteiger partial charge in [-0.25, -0.2) is 9.78 Å².